The van der Waals surface area contributed by atoms with Crippen molar-refractivity contribution >= 4 is 27.6 Å². The lowest BCUT2D eigenvalue weighted by Crippen LogP contribution is -2.45. The molecule has 0 aromatic heterocycles. The Morgan fingerprint density at radius 2 is 1.96 bits per heavy atom. The minimum absolute atomic E-state index is 0.0589. The van der Waals surface area contributed by atoms with Gasteiger partial charge in [-0.05, 0) is 24.5 Å². The molecule has 1 heterocycles. The summed E-state index contributed by atoms with van der Waals surface area (Å²) in [6.07, 6.45) is 0.313. The first-order chi connectivity index (χ1) is 12.6. The molecular weight excluding hydrogens is 378 g/mol. The molecule has 0 bridgehead atoms. The Hall–Kier alpha value is -2.53. The maximum Gasteiger partial charge on any atom is 0.306 e. The predicted octanol–water partition coefficient (Wildman–Crippen LogP) is 0.832. The molecule has 0 radical (unpaired) electrons. The average Bonchev–Trinajstić information content (AvgIpc) is 2.61. The lowest BCUT2D eigenvalue weighted by atomic mass is 9.87. The van der Waals surface area contributed by atoms with Gasteiger partial charge in [0.25, 0.3) is 5.69 Å². The van der Waals surface area contributed by atoms with Crippen LogP contribution in [0.4, 0.5) is 5.69 Å². The van der Waals surface area contributed by atoms with Crippen molar-refractivity contribution in [2.75, 3.05) is 19.6 Å². The second-order valence-electron chi connectivity index (χ2n) is 6.45. The average molecular weight is 399 g/mol. The van der Waals surface area contributed by atoms with E-state index >= 15 is 0 Å². The third-order valence-electron chi connectivity index (χ3n) is 4.56. The number of nitro benzene ring substituents is 1. The van der Waals surface area contributed by atoms with Gasteiger partial charge in [0, 0.05) is 38.2 Å². The molecule has 1 amide bonds. The van der Waals surface area contributed by atoms with Crippen LogP contribution in [0.25, 0.3) is 0 Å². The number of rotatable bonds is 7. The number of non-ortho nitro benzene ring substituents is 1. The van der Waals surface area contributed by atoms with E-state index in [4.69, 9.17) is 5.11 Å². The van der Waals surface area contributed by atoms with Crippen molar-refractivity contribution in [3.63, 3.8) is 0 Å². The van der Waals surface area contributed by atoms with Crippen molar-refractivity contribution in [1.29, 1.82) is 0 Å². The summed E-state index contributed by atoms with van der Waals surface area (Å²) in [6, 6.07) is 4.43. The lowest BCUT2D eigenvalue weighted by Gasteiger charge is -2.35. The van der Waals surface area contributed by atoms with Crippen LogP contribution >= 0.6 is 0 Å². The van der Waals surface area contributed by atoms with E-state index in [1.54, 1.807) is 11.8 Å². The van der Waals surface area contributed by atoms with E-state index in [0.717, 1.165) is 24.3 Å². The van der Waals surface area contributed by atoms with E-state index in [9.17, 15) is 28.1 Å². The summed E-state index contributed by atoms with van der Waals surface area (Å²) in [7, 11) is -3.88. The Bertz CT molecular complexity index is 823. The van der Waals surface area contributed by atoms with E-state index in [0.29, 0.717) is 19.5 Å². The molecule has 2 unspecified atom stereocenters. The first kappa shape index (κ1) is 20.8. The van der Waals surface area contributed by atoms with Gasteiger partial charge in [-0.15, -0.1) is 0 Å². The Balaban J connectivity index is 1.87. The summed E-state index contributed by atoms with van der Waals surface area (Å²) in [5, 5.41) is 19.7. The number of hydrogen-bond donors (Lipinski definition) is 2. The molecule has 0 spiro atoms. The van der Waals surface area contributed by atoms with Crippen molar-refractivity contribution in [3.8, 4) is 0 Å². The van der Waals surface area contributed by atoms with Crippen LogP contribution in [0.3, 0.4) is 0 Å². The number of amides is 1. The van der Waals surface area contributed by atoms with Crippen LogP contribution in [0.5, 0.6) is 0 Å². The normalized spacial score (nSPS) is 20.3. The van der Waals surface area contributed by atoms with Gasteiger partial charge in [-0.3, -0.25) is 19.7 Å². The molecule has 2 N–H and O–H groups in total. The molecule has 1 aromatic rings. The Kier molecular flexibility index (Phi) is 6.50. The number of sulfonamides is 1. The van der Waals surface area contributed by atoms with Gasteiger partial charge in [-0.1, -0.05) is 6.92 Å². The van der Waals surface area contributed by atoms with Crippen LogP contribution in [-0.2, 0) is 19.6 Å². The Labute approximate surface area is 156 Å². The molecule has 1 saturated heterocycles. The molecular formula is C16H21N3O7S. The highest BCUT2D eigenvalue weighted by molar-refractivity contribution is 7.89. The number of piperidine rings is 1. The minimum atomic E-state index is -3.88. The number of hydrogen-bond acceptors (Lipinski definition) is 6. The second-order valence-corrected chi connectivity index (χ2v) is 8.22. The summed E-state index contributed by atoms with van der Waals surface area (Å²) in [6.45, 7) is 2.31. The first-order valence-corrected chi connectivity index (χ1v) is 9.85. The van der Waals surface area contributed by atoms with E-state index in [-0.39, 0.29) is 35.4 Å². The number of nitro groups is 1. The number of nitrogens with zero attached hydrogens (tertiary/aromatic N) is 2. The highest BCUT2D eigenvalue weighted by Gasteiger charge is 2.32. The van der Waals surface area contributed by atoms with E-state index in [2.05, 4.69) is 4.72 Å². The van der Waals surface area contributed by atoms with Crippen LogP contribution < -0.4 is 4.72 Å². The van der Waals surface area contributed by atoms with E-state index < -0.39 is 26.8 Å². The summed E-state index contributed by atoms with van der Waals surface area (Å²) in [5.74, 6) is -1.77. The molecule has 1 aromatic carbocycles. The maximum atomic E-state index is 12.2. The van der Waals surface area contributed by atoms with Gasteiger partial charge in [0.15, 0.2) is 0 Å². The molecule has 27 heavy (non-hydrogen) atoms. The molecule has 10 nitrogen and oxygen atoms in total. The number of likely N-dealkylation sites (tertiary alicyclic amines) is 1. The van der Waals surface area contributed by atoms with Crippen molar-refractivity contribution in [1.82, 2.24) is 9.62 Å². The van der Waals surface area contributed by atoms with Gasteiger partial charge in [-0.2, -0.15) is 0 Å². The van der Waals surface area contributed by atoms with Crippen molar-refractivity contribution in [2.45, 2.75) is 24.7 Å². The van der Waals surface area contributed by atoms with Crippen LogP contribution in [0, 0.1) is 22.0 Å². The molecule has 1 fully saturated rings. The van der Waals surface area contributed by atoms with Gasteiger partial charge in [-0.25, -0.2) is 13.1 Å². The first-order valence-electron chi connectivity index (χ1n) is 8.36. The smallest absolute Gasteiger partial charge is 0.306 e. The third kappa shape index (κ3) is 5.23. The number of carboxylic acid groups (broad SMARTS) is 1. The number of aliphatic carboxylic acids is 1. The fraction of sp³-hybridized carbons (Fsp3) is 0.500. The summed E-state index contributed by atoms with van der Waals surface area (Å²) in [5.41, 5.74) is -0.219. The monoisotopic (exact) mass is 399 g/mol. The molecule has 0 saturated carbocycles. The standard InChI is InChI=1S/C16H21N3O7S/c1-11-10-18(9-7-14(11)16(21)22)15(20)6-8-17-27(25,26)13-4-2-12(3-5-13)19(23)24/h2-5,11,14,17H,6-10H2,1H3,(H,21,22). The van der Waals surface area contributed by atoms with Crippen LogP contribution in [0.1, 0.15) is 19.8 Å². The number of carbonyl (C=O) groups excluding carboxylic acids is 1. The quantitative estimate of drug-likeness (QED) is 0.510. The fourth-order valence-electron chi connectivity index (χ4n) is 3.02. The predicted molar refractivity (Wildman–Crippen MR) is 94.4 cm³/mol. The largest absolute Gasteiger partial charge is 0.481 e. The minimum Gasteiger partial charge on any atom is -0.481 e. The Morgan fingerprint density at radius 3 is 2.48 bits per heavy atom. The van der Waals surface area contributed by atoms with Gasteiger partial charge in [0.05, 0.1) is 15.7 Å². The van der Waals surface area contributed by atoms with Crippen LogP contribution in [-0.4, -0.2) is 54.9 Å². The Morgan fingerprint density at radius 1 is 1.33 bits per heavy atom. The van der Waals surface area contributed by atoms with E-state index in [1.165, 1.54) is 0 Å². The fourth-order valence-corrected chi connectivity index (χ4v) is 4.05. The van der Waals surface area contributed by atoms with Gasteiger partial charge in [0.2, 0.25) is 15.9 Å². The van der Waals surface area contributed by atoms with Gasteiger partial charge in [0.1, 0.15) is 0 Å². The SMILES string of the molecule is CC1CN(C(=O)CCNS(=O)(=O)c2ccc([N+](=O)[O-])cc2)CCC1C(=O)O. The van der Waals surface area contributed by atoms with Crippen molar-refractivity contribution in [2.24, 2.45) is 11.8 Å². The number of carbonyl (C=O) groups is 2. The molecule has 2 atom stereocenters. The summed E-state index contributed by atoms with van der Waals surface area (Å²) in [4.78, 5) is 34.7. The highest BCUT2D eigenvalue weighted by Crippen LogP contribution is 2.24. The summed E-state index contributed by atoms with van der Waals surface area (Å²) < 4.78 is 26.6. The third-order valence-corrected chi connectivity index (χ3v) is 6.04. The zero-order chi connectivity index (χ0) is 20.2. The second kappa shape index (κ2) is 8.44. The summed E-state index contributed by atoms with van der Waals surface area (Å²) >= 11 is 0. The van der Waals surface area contributed by atoms with Crippen LogP contribution in [0.15, 0.2) is 29.2 Å². The molecule has 2 rings (SSSR count). The van der Waals surface area contributed by atoms with Crippen LogP contribution in [0.2, 0.25) is 0 Å². The molecule has 11 heteroatoms. The number of benzene rings is 1. The van der Waals surface area contributed by atoms with Gasteiger partial charge < -0.3 is 10.0 Å². The molecule has 148 valence electrons. The zero-order valence-electron chi connectivity index (χ0n) is 14.7. The van der Waals surface area contributed by atoms with E-state index in [1.807, 2.05) is 0 Å². The molecule has 1 aliphatic heterocycles. The number of nitrogens with one attached hydrogen (secondary N) is 1. The highest BCUT2D eigenvalue weighted by atomic mass is 32.2. The van der Waals surface area contributed by atoms with Crippen molar-refractivity contribution in [3.05, 3.63) is 34.4 Å². The zero-order valence-corrected chi connectivity index (χ0v) is 15.5. The molecule has 1 aliphatic rings. The van der Waals surface area contributed by atoms with Crippen molar-refractivity contribution < 1.29 is 28.0 Å². The topological polar surface area (TPSA) is 147 Å². The molecule has 0 aliphatic carbocycles. The van der Waals surface area contributed by atoms with Gasteiger partial charge >= 0.3 is 5.97 Å². The maximum absolute atomic E-state index is 12.2. The lowest BCUT2D eigenvalue weighted by molar-refractivity contribution is -0.384. The number of carboxylic acids is 1.